The predicted octanol–water partition coefficient (Wildman–Crippen LogP) is 3.03. The molecule has 1 aliphatic heterocycles. The van der Waals surface area contributed by atoms with Gasteiger partial charge >= 0.3 is 0 Å². The minimum Gasteiger partial charge on any atom is -0.502 e. The van der Waals surface area contributed by atoms with E-state index in [1.165, 1.54) is 13.2 Å². The Morgan fingerprint density at radius 3 is 2.59 bits per heavy atom. The molecule has 0 aliphatic carbocycles. The van der Waals surface area contributed by atoms with E-state index < -0.39 is 11.6 Å². The largest absolute Gasteiger partial charge is 0.502 e. The highest BCUT2D eigenvalue weighted by Crippen LogP contribution is 2.31. The zero-order valence-corrected chi connectivity index (χ0v) is 13.6. The number of ether oxygens (including phenoxy) is 2. The van der Waals surface area contributed by atoms with Gasteiger partial charge in [-0.3, -0.25) is 4.90 Å². The molecular formula is C17H26FNO3. The number of hydrogen-bond donors (Lipinski definition) is 1. The SMILES string of the molecule is COCC(C)C1CCN(Cc2cc(F)c(O)c(OC)c2)CC1. The normalized spacial score (nSPS) is 18.4. The van der Waals surface area contributed by atoms with Gasteiger partial charge < -0.3 is 14.6 Å². The molecule has 22 heavy (non-hydrogen) atoms. The summed E-state index contributed by atoms with van der Waals surface area (Å²) >= 11 is 0. The first kappa shape index (κ1) is 17.0. The Morgan fingerprint density at radius 2 is 2.00 bits per heavy atom. The van der Waals surface area contributed by atoms with Gasteiger partial charge in [-0.25, -0.2) is 4.39 Å². The number of phenols is 1. The Labute approximate surface area is 131 Å². The highest BCUT2D eigenvalue weighted by Gasteiger charge is 2.24. The summed E-state index contributed by atoms with van der Waals surface area (Å²) in [6, 6.07) is 3.09. The van der Waals surface area contributed by atoms with Crippen LogP contribution in [0.25, 0.3) is 0 Å². The molecule has 0 spiro atoms. The lowest BCUT2D eigenvalue weighted by Gasteiger charge is -2.34. The number of rotatable bonds is 6. The van der Waals surface area contributed by atoms with Crippen LogP contribution in [0, 0.1) is 17.7 Å². The van der Waals surface area contributed by atoms with Gasteiger partial charge in [-0.2, -0.15) is 0 Å². The van der Waals surface area contributed by atoms with Gasteiger partial charge in [0.2, 0.25) is 0 Å². The molecule has 1 aromatic rings. The molecule has 0 bridgehead atoms. The van der Waals surface area contributed by atoms with Gasteiger partial charge in [0.1, 0.15) is 0 Å². The predicted molar refractivity (Wildman–Crippen MR) is 83.7 cm³/mol. The van der Waals surface area contributed by atoms with Crippen LogP contribution in [0.4, 0.5) is 4.39 Å². The van der Waals surface area contributed by atoms with E-state index in [2.05, 4.69) is 11.8 Å². The third kappa shape index (κ3) is 4.11. The molecule has 1 unspecified atom stereocenters. The van der Waals surface area contributed by atoms with Crippen LogP contribution in [0.15, 0.2) is 12.1 Å². The van der Waals surface area contributed by atoms with Crippen molar-refractivity contribution in [2.45, 2.75) is 26.3 Å². The summed E-state index contributed by atoms with van der Waals surface area (Å²) in [5.41, 5.74) is 0.829. The van der Waals surface area contributed by atoms with Crippen LogP contribution >= 0.6 is 0 Å². The Kier molecular flexibility index (Phi) is 6.03. The van der Waals surface area contributed by atoms with E-state index in [-0.39, 0.29) is 5.75 Å². The summed E-state index contributed by atoms with van der Waals surface area (Å²) in [7, 11) is 3.18. The zero-order chi connectivity index (χ0) is 16.1. The first-order valence-electron chi connectivity index (χ1n) is 7.81. The molecule has 0 aromatic heterocycles. The minimum absolute atomic E-state index is 0.193. The zero-order valence-electron chi connectivity index (χ0n) is 13.6. The van der Waals surface area contributed by atoms with Gasteiger partial charge in [0, 0.05) is 20.3 Å². The number of phenolic OH excluding ortho intramolecular Hbond substituents is 1. The highest BCUT2D eigenvalue weighted by atomic mass is 19.1. The van der Waals surface area contributed by atoms with Gasteiger partial charge in [0.05, 0.1) is 7.11 Å². The van der Waals surface area contributed by atoms with E-state index in [9.17, 15) is 9.50 Å². The van der Waals surface area contributed by atoms with Gasteiger partial charge in [0.25, 0.3) is 0 Å². The van der Waals surface area contributed by atoms with Gasteiger partial charge in [-0.15, -0.1) is 0 Å². The van der Waals surface area contributed by atoms with Crippen LogP contribution in [-0.4, -0.2) is 43.9 Å². The lowest BCUT2D eigenvalue weighted by atomic mass is 9.86. The molecule has 1 aromatic carbocycles. The number of methoxy groups -OCH3 is 2. The number of hydrogen-bond acceptors (Lipinski definition) is 4. The van der Waals surface area contributed by atoms with E-state index in [1.54, 1.807) is 13.2 Å². The number of likely N-dealkylation sites (tertiary alicyclic amines) is 1. The molecule has 1 fully saturated rings. The third-order valence-corrected chi connectivity index (χ3v) is 4.58. The Morgan fingerprint density at radius 1 is 1.32 bits per heavy atom. The van der Waals surface area contributed by atoms with Crippen molar-refractivity contribution in [2.24, 2.45) is 11.8 Å². The monoisotopic (exact) mass is 311 g/mol. The van der Waals surface area contributed by atoms with Crippen molar-refractivity contribution in [3.63, 3.8) is 0 Å². The van der Waals surface area contributed by atoms with E-state index in [4.69, 9.17) is 9.47 Å². The molecule has 1 N–H and O–H groups in total. The second-order valence-corrected chi connectivity index (χ2v) is 6.17. The van der Waals surface area contributed by atoms with Crippen LogP contribution in [0.3, 0.4) is 0 Å². The maximum absolute atomic E-state index is 13.7. The van der Waals surface area contributed by atoms with Crippen molar-refractivity contribution in [3.8, 4) is 11.5 Å². The summed E-state index contributed by atoms with van der Waals surface area (Å²) in [5, 5.41) is 9.55. The Bertz CT molecular complexity index is 487. The molecule has 0 amide bonds. The summed E-state index contributed by atoms with van der Waals surface area (Å²) in [5.74, 6) is 0.426. The quantitative estimate of drug-likeness (QED) is 0.877. The first-order valence-corrected chi connectivity index (χ1v) is 7.81. The maximum atomic E-state index is 13.7. The standard InChI is InChI=1S/C17H26FNO3/c1-12(11-21-2)14-4-6-19(7-5-14)10-13-8-15(18)17(20)16(9-13)22-3/h8-9,12,14,20H,4-7,10-11H2,1-3H3. The van der Waals surface area contributed by atoms with Crippen LogP contribution in [-0.2, 0) is 11.3 Å². The molecule has 1 saturated heterocycles. The van der Waals surface area contributed by atoms with Crippen molar-refractivity contribution in [2.75, 3.05) is 33.9 Å². The average molecular weight is 311 g/mol. The number of piperidine rings is 1. The summed E-state index contributed by atoms with van der Waals surface area (Å²) in [4.78, 5) is 2.32. The molecule has 1 atom stereocenters. The van der Waals surface area contributed by atoms with Crippen LogP contribution in [0.1, 0.15) is 25.3 Å². The summed E-state index contributed by atoms with van der Waals surface area (Å²) in [6.07, 6.45) is 2.28. The first-order chi connectivity index (χ1) is 10.5. The van der Waals surface area contributed by atoms with Crippen LogP contribution < -0.4 is 4.74 Å². The van der Waals surface area contributed by atoms with Crippen molar-refractivity contribution in [3.05, 3.63) is 23.5 Å². The maximum Gasteiger partial charge on any atom is 0.194 e. The summed E-state index contributed by atoms with van der Waals surface area (Å²) in [6.45, 7) is 5.74. The molecule has 5 heteroatoms. The molecule has 4 nitrogen and oxygen atoms in total. The van der Waals surface area contributed by atoms with E-state index in [0.717, 1.165) is 38.1 Å². The number of halogens is 1. The smallest absolute Gasteiger partial charge is 0.194 e. The number of aromatic hydroxyl groups is 1. The van der Waals surface area contributed by atoms with Crippen molar-refractivity contribution < 1.29 is 19.0 Å². The number of benzene rings is 1. The highest BCUT2D eigenvalue weighted by molar-refractivity contribution is 5.43. The second-order valence-electron chi connectivity index (χ2n) is 6.17. The topological polar surface area (TPSA) is 41.9 Å². The third-order valence-electron chi connectivity index (χ3n) is 4.58. The molecule has 0 saturated carbocycles. The fourth-order valence-electron chi connectivity index (χ4n) is 3.21. The molecule has 2 rings (SSSR count). The van der Waals surface area contributed by atoms with Crippen molar-refractivity contribution in [1.82, 2.24) is 4.90 Å². The Hall–Kier alpha value is -1.33. The lowest BCUT2D eigenvalue weighted by Crippen LogP contribution is -2.36. The summed E-state index contributed by atoms with van der Waals surface area (Å²) < 4.78 is 23.9. The lowest BCUT2D eigenvalue weighted by molar-refractivity contribution is 0.0879. The van der Waals surface area contributed by atoms with E-state index in [0.29, 0.717) is 18.4 Å². The van der Waals surface area contributed by atoms with Crippen molar-refractivity contribution in [1.29, 1.82) is 0 Å². The Balaban J connectivity index is 1.92. The molecule has 1 aliphatic rings. The van der Waals surface area contributed by atoms with Gasteiger partial charge in [0.15, 0.2) is 17.3 Å². The fraction of sp³-hybridized carbons (Fsp3) is 0.647. The number of nitrogens with zero attached hydrogens (tertiary/aromatic N) is 1. The van der Waals surface area contributed by atoms with Gasteiger partial charge in [-0.05, 0) is 55.5 Å². The fourth-order valence-corrected chi connectivity index (χ4v) is 3.21. The molecule has 0 radical (unpaired) electrons. The average Bonchev–Trinajstić information content (AvgIpc) is 2.51. The second kappa shape index (κ2) is 7.79. The molecular weight excluding hydrogens is 285 g/mol. The van der Waals surface area contributed by atoms with E-state index >= 15 is 0 Å². The van der Waals surface area contributed by atoms with Crippen LogP contribution in [0.5, 0.6) is 11.5 Å². The van der Waals surface area contributed by atoms with E-state index in [1.807, 2.05) is 0 Å². The molecule has 124 valence electrons. The van der Waals surface area contributed by atoms with Gasteiger partial charge in [-0.1, -0.05) is 6.92 Å². The minimum atomic E-state index is -0.627. The molecule has 1 heterocycles. The van der Waals surface area contributed by atoms with Crippen molar-refractivity contribution >= 4 is 0 Å². The van der Waals surface area contributed by atoms with Crippen LogP contribution in [0.2, 0.25) is 0 Å².